The molecule has 2 aromatic carbocycles. The fourth-order valence-electron chi connectivity index (χ4n) is 2.06. The number of hydrogen-bond acceptors (Lipinski definition) is 4. The molecule has 0 amide bonds. The molecular formula is C16H12O4. The molecule has 4 nitrogen and oxygen atoms in total. The Morgan fingerprint density at radius 1 is 0.950 bits per heavy atom. The second kappa shape index (κ2) is 5.19. The average Bonchev–Trinajstić information content (AvgIpc) is 2.51. The van der Waals surface area contributed by atoms with Crippen molar-refractivity contribution in [1.82, 2.24) is 0 Å². The Labute approximate surface area is 115 Å². The van der Waals surface area contributed by atoms with Crippen molar-refractivity contribution in [2.24, 2.45) is 0 Å². The molecule has 0 spiro atoms. The van der Waals surface area contributed by atoms with Crippen LogP contribution in [0, 0.1) is 0 Å². The van der Waals surface area contributed by atoms with E-state index >= 15 is 0 Å². The molecule has 0 atom stereocenters. The highest BCUT2D eigenvalue weighted by atomic mass is 17.2. The zero-order chi connectivity index (χ0) is 13.9. The monoisotopic (exact) mass is 268 g/mol. The molecule has 100 valence electrons. The molecule has 1 aromatic heterocycles. The quantitative estimate of drug-likeness (QED) is 0.539. The molecule has 0 aliphatic heterocycles. The van der Waals surface area contributed by atoms with Gasteiger partial charge in [0.15, 0.2) is 5.76 Å². The lowest BCUT2D eigenvalue weighted by Gasteiger charge is -2.08. The van der Waals surface area contributed by atoms with Crippen molar-refractivity contribution >= 4 is 11.0 Å². The highest BCUT2D eigenvalue weighted by Gasteiger charge is 2.18. The smallest absolute Gasteiger partial charge is 0.256 e. The van der Waals surface area contributed by atoms with Crippen LogP contribution in [-0.2, 0) is 4.89 Å². The van der Waals surface area contributed by atoms with E-state index in [1.54, 1.807) is 18.2 Å². The Bertz CT molecular complexity index is 790. The Morgan fingerprint density at radius 3 is 2.40 bits per heavy atom. The van der Waals surface area contributed by atoms with Crippen LogP contribution in [-0.4, -0.2) is 7.11 Å². The van der Waals surface area contributed by atoms with Crippen LogP contribution in [0.15, 0.2) is 63.8 Å². The normalized spacial score (nSPS) is 10.7. The summed E-state index contributed by atoms with van der Waals surface area (Å²) in [5.41, 5.74) is 1.01. The molecule has 0 saturated carbocycles. The minimum absolute atomic E-state index is 0.0531. The standard InChI is InChI=1S/C16H12O4/c1-18-20-16-14(17)12-9-5-6-10-13(12)19-15(16)11-7-3-2-4-8-11/h2-10H,1H3. The second-order valence-corrected chi connectivity index (χ2v) is 4.20. The summed E-state index contributed by atoms with van der Waals surface area (Å²) in [5.74, 6) is 0.411. The molecule has 1 heterocycles. The lowest BCUT2D eigenvalue weighted by Crippen LogP contribution is -2.09. The summed E-state index contributed by atoms with van der Waals surface area (Å²) in [6, 6.07) is 16.3. The van der Waals surface area contributed by atoms with Gasteiger partial charge >= 0.3 is 0 Å². The van der Waals surface area contributed by atoms with Crippen molar-refractivity contribution < 1.29 is 14.2 Å². The van der Waals surface area contributed by atoms with Gasteiger partial charge in [-0.25, -0.2) is 0 Å². The summed E-state index contributed by atoms with van der Waals surface area (Å²) >= 11 is 0. The van der Waals surface area contributed by atoms with Crippen molar-refractivity contribution in [2.75, 3.05) is 7.11 Å². The molecule has 0 bridgehead atoms. The summed E-state index contributed by atoms with van der Waals surface area (Å²) in [6.07, 6.45) is 0. The van der Waals surface area contributed by atoms with Crippen LogP contribution >= 0.6 is 0 Å². The van der Waals surface area contributed by atoms with Crippen LogP contribution in [0.2, 0.25) is 0 Å². The average molecular weight is 268 g/mol. The summed E-state index contributed by atoms with van der Waals surface area (Å²) in [5, 5.41) is 0.458. The first-order valence-corrected chi connectivity index (χ1v) is 6.13. The van der Waals surface area contributed by atoms with Gasteiger partial charge in [-0.1, -0.05) is 42.5 Å². The van der Waals surface area contributed by atoms with Crippen molar-refractivity contribution in [2.45, 2.75) is 0 Å². The van der Waals surface area contributed by atoms with Gasteiger partial charge < -0.3 is 9.30 Å². The highest BCUT2D eigenvalue weighted by Crippen LogP contribution is 2.30. The largest absolute Gasteiger partial charge is 0.452 e. The lowest BCUT2D eigenvalue weighted by atomic mass is 10.1. The van der Waals surface area contributed by atoms with E-state index in [0.29, 0.717) is 16.7 Å². The third-order valence-corrected chi connectivity index (χ3v) is 2.96. The lowest BCUT2D eigenvalue weighted by molar-refractivity contribution is -0.179. The van der Waals surface area contributed by atoms with Gasteiger partial charge in [0.25, 0.3) is 5.75 Å². The Balaban J connectivity index is 2.35. The van der Waals surface area contributed by atoms with Crippen LogP contribution < -0.4 is 10.3 Å². The van der Waals surface area contributed by atoms with Gasteiger partial charge in [0.1, 0.15) is 5.58 Å². The minimum atomic E-state index is -0.257. The van der Waals surface area contributed by atoms with Crippen LogP contribution in [0.1, 0.15) is 0 Å². The summed E-state index contributed by atoms with van der Waals surface area (Å²) < 4.78 is 5.81. The second-order valence-electron chi connectivity index (χ2n) is 4.20. The maximum absolute atomic E-state index is 12.4. The van der Waals surface area contributed by atoms with Gasteiger partial charge in [0.05, 0.1) is 12.5 Å². The van der Waals surface area contributed by atoms with E-state index < -0.39 is 0 Å². The summed E-state index contributed by atoms with van der Waals surface area (Å²) in [4.78, 5) is 22.1. The molecular weight excluding hydrogens is 256 g/mol. The van der Waals surface area contributed by atoms with Gasteiger partial charge in [-0.3, -0.25) is 4.79 Å². The third kappa shape index (κ3) is 2.06. The van der Waals surface area contributed by atoms with E-state index in [4.69, 9.17) is 9.30 Å². The number of para-hydroxylation sites is 1. The molecule has 0 aliphatic carbocycles. The van der Waals surface area contributed by atoms with Gasteiger partial charge in [0.2, 0.25) is 5.43 Å². The van der Waals surface area contributed by atoms with E-state index in [1.807, 2.05) is 36.4 Å². The minimum Gasteiger partial charge on any atom is -0.452 e. The highest BCUT2D eigenvalue weighted by molar-refractivity contribution is 5.81. The number of fused-ring (bicyclic) bond motifs is 1. The van der Waals surface area contributed by atoms with Crippen molar-refractivity contribution in [3.8, 4) is 17.1 Å². The third-order valence-electron chi connectivity index (χ3n) is 2.96. The zero-order valence-corrected chi connectivity index (χ0v) is 10.8. The summed E-state index contributed by atoms with van der Waals surface area (Å²) in [7, 11) is 1.35. The SMILES string of the molecule is COOc1c(-c2ccccc2)oc2ccccc2c1=O. The molecule has 0 aliphatic rings. The van der Waals surface area contributed by atoms with Crippen LogP contribution in [0.5, 0.6) is 5.75 Å². The fraction of sp³-hybridized carbons (Fsp3) is 0.0625. The Hall–Kier alpha value is -2.59. The van der Waals surface area contributed by atoms with E-state index in [-0.39, 0.29) is 11.2 Å². The van der Waals surface area contributed by atoms with Crippen molar-refractivity contribution in [1.29, 1.82) is 0 Å². The van der Waals surface area contributed by atoms with Crippen LogP contribution in [0.4, 0.5) is 0 Å². The molecule has 3 aromatic rings. The molecule has 0 unspecified atom stereocenters. The first-order chi connectivity index (χ1) is 9.81. The Morgan fingerprint density at radius 2 is 1.65 bits per heavy atom. The maximum Gasteiger partial charge on any atom is 0.256 e. The first-order valence-electron chi connectivity index (χ1n) is 6.13. The van der Waals surface area contributed by atoms with E-state index in [9.17, 15) is 4.79 Å². The topological polar surface area (TPSA) is 48.7 Å². The number of hydrogen-bond donors (Lipinski definition) is 0. The molecule has 4 heteroatoms. The van der Waals surface area contributed by atoms with Crippen molar-refractivity contribution in [3.05, 3.63) is 64.8 Å². The molecule has 3 rings (SSSR count). The molecule has 20 heavy (non-hydrogen) atoms. The van der Waals surface area contributed by atoms with Crippen LogP contribution in [0.3, 0.4) is 0 Å². The Kier molecular flexibility index (Phi) is 3.23. The predicted molar refractivity (Wildman–Crippen MR) is 75.6 cm³/mol. The van der Waals surface area contributed by atoms with E-state index in [2.05, 4.69) is 4.89 Å². The molecule has 0 saturated heterocycles. The van der Waals surface area contributed by atoms with Gasteiger partial charge in [-0.15, -0.1) is 0 Å². The first kappa shape index (κ1) is 12.4. The van der Waals surface area contributed by atoms with Gasteiger partial charge in [0, 0.05) is 5.56 Å². The van der Waals surface area contributed by atoms with E-state index in [0.717, 1.165) is 5.56 Å². The number of rotatable bonds is 3. The van der Waals surface area contributed by atoms with Crippen molar-refractivity contribution in [3.63, 3.8) is 0 Å². The van der Waals surface area contributed by atoms with Gasteiger partial charge in [-0.2, -0.15) is 4.89 Å². The van der Waals surface area contributed by atoms with Gasteiger partial charge in [-0.05, 0) is 12.1 Å². The van der Waals surface area contributed by atoms with Crippen LogP contribution in [0.25, 0.3) is 22.3 Å². The molecule has 0 N–H and O–H groups in total. The fourth-order valence-corrected chi connectivity index (χ4v) is 2.06. The van der Waals surface area contributed by atoms with E-state index in [1.165, 1.54) is 7.11 Å². The summed E-state index contributed by atoms with van der Waals surface area (Å²) in [6.45, 7) is 0. The predicted octanol–water partition coefficient (Wildman–Crippen LogP) is 3.40. The molecule has 0 radical (unpaired) electrons. The zero-order valence-electron chi connectivity index (χ0n) is 10.8. The molecule has 0 fully saturated rings. The maximum atomic E-state index is 12.4. The number of benzene rings is 2.